The summed E-state index contributed by atoms with van der Waals surface area (Å²) in [5, 5.41) is 3.95. The summed E-state index contributed by atoms with van der Waals surface area (Å²) in [6, 6.07) is 0.426. The zero-order valence-electron chi connectivity index (χ0n) is 4.99. The van der Waals surface area contributed by atoms with E-state index in [4.69, 9.17) is 0 Å². The molecule has 1 aliphatic heterocycles. The predicted molar refractivity (Wildman–Crippen MR) is 37.2 cm³/mol. The molecule has 1 N–H and O–H groups in total. The molecule has 2 heteroatoms. The van der Waals surface area contributed by atoms with Crippen molar-refractivity contribution in [2.24, 2.45) is 11.0 Å². The Morgan fingerprint density at radius 1 is 1.22 bits per heavy atom. The summed E-state index contributed by atoms with van der Waals surface area (Å²) in [5.41, 5.74) is 2.99. The van der Waals surface area contributed by atoms with Crippen LogP contribution in [0.4, 0.5) is 0 Å². The molecule has 0 bridgehead atoms. The number of hydrazone groups is 1. The van der Waals surface area contributed by atoms with Crippen molar-refractivity contribution in [3.8, 4) is 0 Å². The van der Waals surface area contributed by atoms with Gasteiger partial charge in [0, 0.05) is 12.1 Å². The van der Waals surface area contributed by atoms with Gasteiger partial charge in [0.2, 0.25) is 0 Å². The van der Waals surface area contributed by atoms with Gasteiger partial charge in [-0.3, -0.25) is 0 Å². The fourth-order valence-electron chi connectivity index (χ4n) is 1.11. The topological polar surface area (TPSA) is 24.4 Å². The maximum Gasteiger partial charge on any atom is 0.0736 e. The van der Waals surface area contributed by atoms with Gasteiger partial charge in [-0.25, -0.2) is 0 Å². The van der Waals surface area contributed by atoms with Crippen molar-refractivity contribution >= 4 is 6.21 Å². The maximum absolute atomic E-state index is 3.95. The highest BCUT2D eigenvalue weighted by Crippen LogP contribution is 2.13. The fourth-order valence-corrected chi connectivity index (χ4v) is 1.11. The molecule has 0 aromatic carbocycles. The Labute approximate surface area is 54.0 Å². The first-order chi connectivity index (χ1) is 4.47. The minimum absolute atomic E-state index is 0.426. The highest BCUT2D eigenvalue weighted by Gasteiger charge is 2.19. The molecule has 2 atom stereocenters. The number of hydrogen-bond acceptors (Lipinski definition) is 2. The molecule has 0 saturated carbocycles. The van der Waals surface area contributed by atoms with Gasteiger partial charge in [-0.05, 0) is 0 Å². The first-order valence-corrected chi connectivity index (χ1v) is 3.10. The van der Waals surface area contributed by atoms with E-state index in [-0.39, 0.29) is 0 Å². The third-order valence-electron chi connectivity index (χ3n) is 1.65. The highest BCUT2D eigenvalue weighted by atomic mass is 15.3. The van der Waals surface area contributed by atoms with Crippen LogP contribution >= 0.6 is 0 Å². The molecule has 0 aromatic heterocycles. The van der Waals surface area contributed by atoms with E-state index in [9.17, 15) is 0 Å². The maximum atomic E-state index is 3.95. The lowest BCUT2D eigenvalue weighted by Crippen LogP contribution is -2.24. The van der Waals surface area contributed by atoms with Gasteiger partial charge >= 0.3 is 0 Å². The van der Waals surface area contributed by atoms with E-state index in [1.54, 1.807) is 0 Å². The average molecular weight is 120 g/mol. The van der Waals surface area contributed by atoms with Crippen LogP contribution in [0.5, 0.6) is 0 Å². The van der Waals surface area contributed by atoms with Crippen molar-refractivity contribution in [3.05, 3.63) is 24.3 Å². The van der Waals surface area contributed by atoms with Gasteiger partial charge in [0.05, 0.1) is 6.04 Å². The number of allylic oxidation sites excluding steroid dienone is 2. The third-order valence-corrected chi connectivity index (χ3v) is 1.65. The molecule has 46 valence electrons. The molecule has 2 aliphatic rings. The van der Waals surface area contributed by atoms with E-state index in [0.29, 0.717) is 12.0 Å². The van der Waals surface area contributed by atoms with Crippen LogP contribution in [0.2, 0.25) is 0 Å². The van der Waals surface area contributed by atoms with Crippen molar-refractivity contribution < 1.29 is 0 Å². The monoisotopic (exact) mass is 120 g/mol. The van der Waals surface area contributed by atoms with E-state index in [1.165, 1.54) is 0 Å². The second-order valence-corrected chi connectivity index (χ2v) is 2.28. The molecule has 2 unspecified atom stereocenters. The Balaban J connectivity index is 2.25. The molecule has 0 saturated heterocycles. The summed E-state index contributed by atoms with van der Waals surface area (Å²) >= 11 is 0. The van der Waals surface area contributed by atoms with Crippen molar-refractivity contribution in [3.63, 3.8) is 0 Å². The summed E-state index contributed by atoms with van der Waals surface area (Å²) < 4.78 is 0. The van der Waals surface area contributed by atoms with Crippen molar-refractivity contribution in [2.75, 3.05) is 0 Å². The highest BCUT2D eigenvalue weighted by molar-refractivity contribution is 5.67. The fraction of sp³-hybridized carbons (Fsp3) is 0.286. The predicted octanol–water partition coefficient (Wildman–Crippen LogP) is 0.686. The molecule has 0 fully saturated rings. The first kappa shape index (κ1) is 4.79. The molecule has 0 amide bonds. The minimum Gasteiger partial charge on any atom is -0.302 e. The minimum atomic E-state index is 0.426. The largest absolute Gasteiger partial charge is 0.302 e. The Bertz CT molecular complexity index is 191. The second kappa shape index (κ2) is 1.72. The summed E-state index contributed by atoms with van der Waals surface area (Å²) in [6.07, 6.45) is 10.3. The smallest absolute Gasteiger partial charge is 0.0736 e. The Kier molecular flexibility index (Phi) is 0.918. The molecule has 0 radical (unpaired) electrons. The lowest BCUT2D eigenvalue weighted by molar-refractivity contribution is 0.622. The molecule has 1 aliphatic carbocycles. The molecule has 2 nitrogen and oxygen atoms in total. The van der Waals surface area contributed by atoms with Crippen LogP contribution in [0.3, 0.4) is 0 Å². The summed E-state index contributed by atoms with van der Waals surface area (Å²) in [6.45, 7) is 0. The molecule has 0 aromatic rings. The Morgan fingerprint density at radius 2 is 2.11 bits per heavy atom. The van der Waals surface area contributed by atoms with Gasteiger partial charge in [-0.1, -0.05) is 24.3 Å². The Hall–Kier alpha value is -1.05. The van der Waals surface area contributed by atoms with Crippen LogP contribution in [0.15, 0.2) is 29.4 Å². The van der Waals surface area contributed by atoms with Gasteiger partial charge in [0.25, 0.3) is 0 Å². The normalized spacial score (nSPS) is 36.4. The van der Waals surface area contributed by atoms with E-state index < -0.39 is 0 Å². The van der Waals surface area contributed by atoms with Gasteiger partial charge in [-0.15, -0.1) is 0 Å². The first-order valence-electron chi connectivity index (χ1n) is 3.10. The van der Waals surface area contributed by atoms with Gasteiger partial charge in [0.15, 0.2) is 0 Å². The SMILES string of the molecule is C1=CC2C=NNC2C=C1. The summed E-state index contributed by atoms with van der Waals surface area (Å²) in [7, 11) is 0. The van der Waals surface area contributed by atoms with Crippen molar-refractivity contribution in [2.45, 2.75) is 6.04 Å². The molecular formula is C7H8N2. The molecule has 9 heavy (non-hydrogen) atoms. The van der Waals surface area contributed by atoms with Crippen LogP contribution in [0.25, 0.3) is 0 Å². The summed E-state index contributed by atoms with van der Waals surface area (Å²) in [4.78, 5) is 0. The lowest BCUT2D eigenvalue weighted by atomic mass is 9.98. The molecule has 0 spiro atoms. The lowest BCUT2D eigenvalue weighted by Gasteiger charge is -2.11. The zero-order valence-corrected chi connectivity index (χ0v) is 4.99. The van der Waals surface area contributed by atoms with Gasteiger partial charge < -0.3 is 5.43 Å². The third kappa shape index (κ3) is 0.669. The second-order valence-electron chi connectivity index (χ2n) is 2.28. The van der Waals surface area contributed by atoms with Gasteiger partial charge in [0.1, 0.15) is 0 Å². The quantitative estimate of drug-likeness (QED) is 0.499. The standard InChI is InChI=1S/C7H8N2/c1-2-4-7-6(3-1)5-8-9-7/h1-7,9H. The van der Waals surface area contributed by atoms with Crippen LogP contribution in [-0.4, -0.2) is 12.3 Å². The van der Waals surface area contributed by atoms with Gasteiger partial charge in [-0.2, -0.15) is 5.10 Å². The van der Waals surface area contributed by atoms with Crippen molar-refractivity contribution in [1.29, 1.82) is 0 Å². The van der Waals surface area contributed by atoms with Crippen LogP contribution in [0.1, 0.15) is 0 Å². The van der Waals surface area contributed by atoms with Crippen LogP contribution in [0, 0.1) is 5.92 Å². The number of fused-ring (bicyclic) bond motifs is 1. The van der Waals surface area contributed by atoms with E-state index >= 15 is 0 Å². The van der Waals surface area contributed by atoms with E-state index in [0.717, 1.165) is 0 Å². The number of hydrogen-bond donors (Lipinski definition) is 1. The van der Waals surface area contributed by atoms with Crippen molar-refractivity contribution in [1.82, 2.24) is 5.43 Å². The molecular weight excluding hydrogens is 112 g/mol. The summed E-state index contributed by atoms with van der Waals surface area (Å²) in [5.74, 6) is 0.495. The number of nitrogens with one attached hydrogen (secondary N) is 1. The molecule has 1 heterocycles. The van der Waals surface area contributed by atoms with Crippen LogP contribution in [-0.2, 0) is 0 Å². The Morgan fingerprint density at radius 3 is 3.00 bits per heavy atom. The van der Waals surface area contributed by atoms with E-state index in [1.807, 2.05) is 12.3 Å². The number of rotatable bonds is 0. The van der Waals surface area contributed by atoms with Crippen LogP contribution < -0.4 is 5.43 Å². The van der Waals surface area contributed by atoms with E-state index in [2.05, 4.69) is 28.8 Å². The molecule has 2 rings (SSSR count). The average Bonchev–Trinajstić information content (AvgIpc) is 2.33. The number of nitrogens with zero attached hydrogens (tertiary/aromatic N) is 1. The zero-order chi connectivity index (χ0) is 6.10.